The number of rotatable bonds is 16. The molecule has 1 aromatic heterocycles. The smallest absolute Gasteiger partial charge is 0.409 e. The fraction of sp³-hybridized carbons (Fsp3) is 0.643. The number of ether oxygens (including phenoxy) is 4. The third-order valence-electron chi connectivity index (χ3n) is 11.5. The summed E-state index contributed by atoms with van der Waals surface area (Å²) in [5, 5.41) is 6.47. The molecule has 2 N–H and O–H groups in total. The molecule has 2 aromatic rings. The van der Waals surface area contributed by atoms with E-state index in [0.717, 1.165) is 37.9 Å². The van der Waals surface area contributed by atoms with Crippen LogP contribution in [0.25, 0.3) is 10.9 Å². The van der Waals surface area contributed by atoms with Crippen LogP contribution in [0.4, 0.5) is 4.79 Å². The number of nitrogens with one attached hydrogen (secondary N) is 2. The number of aromatic nitrogens is 1. The highest BCUT2D eigenvalue weighted by Crippen LogP contribution is 2.28. The number of nitrogens with zero attached hydrogens (tertiary/aromatic N) is 5. The number of hydrogen-bond donors (Lipinski definition) is 2. The number of fused-ring (bicyclic) bond motifs is 1. The zero-order valence-electron chi connectivity index (χ0n) is 34.6. The lowest BCUT2D eigenvalue weighted by molar-refractivity contribution is -0.151. The van der Waals surface area contributed by atoms with Crippen molar-refractivity contribution in [2.75, 3.05) is 78.8 Å². The van der Waals surface area contributed by atoms with Crippen molar-refractivity contribution >= 4 is 46.6 Å². The summed E-state index contributed by atoms with van der Waals surface area (Å²) in [7, 11) is 0. The van der Waals surface area contributed by atoms with Gasteiger partial charge < -0.3 is 44.3 Å². The van der Waals surface area contributed by atoms with E-state index in [-0.39, 0.29) is 87.6 Å². The largest absolute Gasteiger partial charge is 0.483 e. The van der Waals surface area contributed by atoms with Crippen LogP contribution in [-0.4, -0.2) is 163 Å². The van der Waals surface area contributed by atoms with E-state index in [1.807, 2.05) is 19.9 Å². The van der Waals surface area contributed by atoms with Crippen LogP contribution in [0.3, 0.4) is 0 Å². The minimum absolute atomic E-state index is 0.0363. The highest BCUT2D eigenvalue weighted by atomic mass is 16.6. The van der Waals surface area contributed by atoms with Crippen molar-refractivity contribution in [3.8, 4) is 5.75 Å². The van der Waals surface area contributed by atoms with E-state index >= 15 is 0 Å². The molecule has 0 bridgehead atoms. The Morgan fingerprint density at radius 2 is 1.66 bits per heavy atom. The summed E-state index contributed by atoms with van der Waals surface area (Å²) in [6, 6.07) is 5.41. The lowest BCUT2D eigenvalue weighted by Gasteiger charge is -2.36. The maximum absolute atomic E-state index is 14.1. The van der Waals surface area contributed by atoms with Crippen LogP contribution in [0.5, 0.6) is 5.75 Å². The molecule has 4 aliphatic rings. The first-order valence-electron chi connectivity index (χ1n) is 21.2. The third kappa shape index (κ3) is 11.6. The number of hydrogen-bond acceptors (Lipinski definition) is 12. The Morgan fingerprint density at radius 3 is 2.36 bits per heavy atom. The third-order valence-corrected chi connectivity index (χ3v) is 11.5. The van der Waals surface area contributed by atoms with Gasteiger partial charge in [-0.3, -0.25) is 28.9 Å². The van der Waals surface area contributed by atoms with Crippen molar-refractivity contribution in [1.82, 2.24) is 35.2 Å². The van der Waals surface area contributed by atoms with Crippen LogP contribution in [-0.2, 0) is 33.4 Å². The number of benzene rings is 1. The molecule has 17 heteroatoms. The predicted molar refractivity (Wildman–Crippen MR) is 216 cm³/mol. The van der Waals surface area contributed by atoms with E-state index in [1.165, 1.54) is 11.0 Å². The Hall–Kier alpha value is -5.03. The molecule has 322 valence electrons. The van der Waals surface area contributed by atoms with Gasteiger partial charge >= 0.3 is 12.1 Å². The van der Waals surface area contributed by atoms with Crippen molar-refractivity contribution in [3.05, 3.63) is 35.5 Å². The maximum Gasteiger partial charge on any atom is 0.409 e. The fourth-order valence-electron chi connectivity index (χ4n) is 7.81. The first-order chi connectivity index (χ1) is 28.5. The SMILES string of the molecule is CCOC(=O)N1CCN(C(=O)C(CCC(=O)O[C@@H](CC)CN2CCOCC2)NC(=O)c2cc(OCC(=O)N3CCC[C@H]3C(=O)NC3CCC3)c3ccc(C)cc3n2)CC1. The summed E-state index contributed by atoms with van der Waals surface area (Å²) >= 11 is 0. The van der Waals surface area contributed by atoms with E-state index in [9.17, 15) is 28.8 Å². The molecule has 0 spiro atoms. The molecule has 3 atom stereocenters. The van der Waals surface area contributed by atoms with Gasteiger partial charge in [-0.15, -0.1) is 0 Å². The van der Waals surface area contributed by atoms with Crippen molar-refractivity contribution in [3.63, 3.8) is 0 Å². The molecule has 1 saturated carbocycles. The Kier molecular flexibility index (Phi) is 15.3. The van der Waals surface area contributed by atoms with Gasteiger partial charge in [0, 0.05) is 76.3 Å². The normalized spacial score (nSPS) is 19.7. The number of likely N-dealkylation sites (tertiary alicyclic amines) is 1. The van der Waals surface area contributed by atoms with E-state index in [2.05, 4.69) is 20.5 Å². The van der Waals surface area contributed by atoms with Crippen LogP contribution in [0, 0.1) is 6.92 Å². The molecule has 1 unspecified atom stereocenters. The van der Waals surface area contributed by atoms with Crippen LogP contribution in [0.1, 0.15) is 81.3 Å². The lowest BCUT2D eigenvalue weighted by atomic mass is 9.93. The minimum Gasteiger partial charge on any atom is -0.483 e. The highest BCUT2D eigenvalue weighted by molar-refractivity contribution is 5.99. The van der Waals surface area contributed by atoms with Crippen molar-refractivity contribution < 1.29 is 47.7 Å². The topological polar surface area (TPSA) is 189 Å². The van der Waals surface area contributed by atoms with E-state index in [0.29, 0.717) is 56.5 Å². The highest BCUT2D eigenvalue weighted by Gasteiger charge is 2.36. The van der Waals surface area contributed by atoms with Gasteiger partial charge in [-0.2, -0.15) is 0 Å². The Balaban J connectivity index is 1.15. The molecular formula is C42H59N7O10. The zero-order chi connectivity index (χ0) is 41.9. The van der Waals surface area contributed by atoms with Gasteiger partial charge in [0.05, 0.1) is 25.3 Å². The molecule has 17 nitrogen and oxygen atoms in total. The summed E-state index contributed by atoms with van der Waals surface area (Å²) in [6.45, 7) is 10.2. The molecule has 3 aliphatic heterocycles. The number of carbonyl (C=O) groups is 6. The first-order valence-corrected chi connectivity index (χ1v) is 21.2. The second-order valence-corrected chi connectivity index (χ2v) is 15.7. The summed E-state index contributed by atoms with van der Waals surface area (Å²) in [4.78, 5) is 91.7. The molecule has 5 amide bonds. The number of amides is 5. The van der Waals surface area contributed by atoms with Gasteiger partial charge in [0.1, 0.15) is 29.6 Å². The van der Waals surface area contributed by atoms with Crippen LogP contribution in [0.15, 0.2) is 24.3 Å². The molecule has 6 rings (SSSR count). The van der Waals surface area contributed by atoms with Crippen molar-refractivity contribution in [2.45, 2.75) is 96.4 Å². The molecule has 3 saturated heterocycles. The molecule has 1 aromatic carbocycles. The molecule has 1 aliphatic carbocycles. The summed E-state index contributed by atoms with van der Waals surface area (Å²) in [6.07, 6.45) is 3.93. The number of piperazine rings is 1. The van der Waals surface area contributed by atoms with Gasteiger partial charge in [0.15, 0.2) is 6.61 Å². The number of carbonyl (C=O) groups excluding carboxylic acids is 6. The lowest BCUT2D eigenvalue weighted by Crippen LogP contribution is -2.56. The zero-order valence-corrected chi connectivity index (χ0v) is 34.6. The molecule has 4 fully saturated rings. The molecule has 4 heterocycles. The minimum atomic E-state index is -1.12. The second kappa shape index (κ2) is 20.8. The number of morpholine rings is 1. The molecule has 59 heavy (non-hydrogen) atoms. The fourth-order valence-corrected chi connectivity index (χ4v) is 7.81. The predicted octanol–water partition coefficient (Wildman–Crippen LogP) is 2.42. The van der Waals surface area contributed by atoms with Crippen molar-refractivity contribution in [2.24, 2.45) is 0 Å². The van der Waals surface area contributed by atoms with Crippen LogP contribution < -0.4 is 15.4 Å². The van der Waals surface area contributed by atoms with E-state index < -0.39 is 36.0 Å². The Bertz CT molecular complexity index is 1830. The first kappa shape index (κ1) is 43.5. The van der Waals surface area contributed by atoms with Crippen molar-refractivity contribution in [1.29, 1.82) is 0 Å². The Morgan fingerprint density at radius 1 is 0.915 bits per heavy atom. The van der Waals surface area contributed by atoms with Gasteiger partial charge in [-0.05, 0) is 76.5 Å². The number of esters is 1. The number of aryl methyl sites for hydroxylation is 1. The molecule has 0 radical (unpaired) electrons. The van der Waals surface area contributed by atoms with Crippen LogP contribution in [0.2, 0.25) is 0 Å². The summed E-state index contributed by atoms with van der Waals surface area (Å²) in [5.74, 6) is -1.79. The van der Waals surface area contributed by atoms with Crippen LogP contribution >= 0.6 is 0 Å². The quantitative estimate of drug-likeness (QED) is 0.236. The van der Waals surface area contributed by atoms with Gasteiger partial charge in [-0.1, -0.05) is 13.0 Å². The Labute approximate surface area is 345 Å². The summed E-state index contributed by atoms with van der Waals surface area (Å²) < 4.78 is 22.5. The van der Waals surface area contributed by atoms with Gasteiger partial charge in [0.25, 0.3) is 11.8 Å². The number of pyridine rings is 1. The van der Waals surface area contributed by atoms with Gasteiger partial charge in [-0.25, -0.2) is 9.78 Å². The second-order valence-electron chi connectivity index (χ2n) is 15.7. The van der Waals surface area contributed by atoms with E-state index in [4.69, 9.17) is 18.9 Å². The summed E-state index contributed by atoms with van der Waals surface area (Å²) in [5.41, 5.74) is 1.29. The average molecular weight is 822 g/mol. The van der Waals surface area contributed by atoms with E-state index in [1.54, 1.807) is 28.9 Å². The maximum atomic E-state index is 14.1. The molecular weight excluding hydrogens is 763 g/mol. The standard InChI is InChI=1S/C42H59N7O10/c1-4-30(26-46-20-22-56-23-21-46)59-38(51)14-13-32(41(54)47-16-18-48(19-17-47)42(55)57-5-2)45-39(52)34-25-36(31-12-11-28(3)24-33(31)44-34)58-27-37(50)49-15-7-10-35(49)40(53)43-29-8-6-9-29/h11-12,24-25,29-30,32,35H,4-10,13-23,26-27H2,1-3H3,(H,43,53)(H,45,52)/t30-,32?,35-/m0/s1. The monoisotopic (exact) mass is 821 g/mol. The van der Waals surface area contributed by atoms with Gasteiger partial charge in [0.2, 0.25) is 11.8 Å². The average Bonchev–Trinajstić information content (AvgIpc) is 3.73.